The number of aromatic nitrogens is 2. The number of rotatable bonds is 1. The molecule has 1 heterocycles. The number of anilines is 1. The van der Waals surface area contributed by atoms with E-state index in [1.165, 1.54) is 12.8 Å². The van der Waals surface area contributed by atoms with Crippen molar-refractivity contribution in [3.63, 3.8) is 0 Å². The molecule has 0 amide bonds. The van der Waals surface area contributed by atoms with Crippen molar-refractivity contribution in [3.05, 3.63) is 16.0 Å². The van der Waals surface area contributed by atoms with E-state index >= 15 is 0 Å². The summed E-state index contributed by atoms with van der Waals surface area (Å²) in [5, 5.41) is 0. The largest absolute Gasteiger partial charge is 0.393 e. The Labute approximate surface area is 83.3 Å². The SMILES string of the molecule is Cc1c(N)c(=O)n(C2CCCC2)n1C. The van der Waals surface area contributed by atoms with Gasteiger partial charge in [0.05, 0.1) is 11.7 Å². The zero-order valence-electron chi connectivity index (χ0n) is 8.79. The summed E-state index contributed by atoms with van der Waals surface area (Å²) in [5.74, 6) is 0. The van der Waals surface area contributed by atoms with Gasteiger partial charge in [0.2, 0.25) is 0 Å². The minimum atomic E-state index is -0.0168. The fourth-order valence-corrected chi connectivity index (χ4v) is 2.31. The molecule has 0 bridgehead atoms. The highest BCUT2D eigenvalue weighted by atomic mass is 16.1. The van der Waals surface area contributed by atoms with Crippen LogP contribution in [0.1, 0.15) is 37.4 Å². The van der Waals surface area contributed by atoms with Crippen LogP contribution in [-0.2, 0) is 7.05 Å². The van der Waals surface area contributed by atoms with Crippen LogP contribution in [0.5, 0.6) is 0 Å². The third-order valence-corrected chi connectivity index (χ3v) is 3.31. The van der Waals surface area contributed by atoms with Crippen LogP contribution in [-0.4, -0.2) is 9.36 Å². The summed E-state index contributed by atoms with van der Waals surface area (Å²) >= 11 is 0. The monoisotopic (exact) mass is 195 g/mol. The topological polar surface area (TPSA) is 53.0 Å². The van der Waals surface area contributed by atoms with Crippen LogP contribution in [0.2, 0.25) is 0 Å². The van der Waals surface area contributed by atoms with E-state index in [1.807, 2.05) is 23.3 Å². The van der Waals surface area contributed by atoms with Crippen molar-refractivity contribution in [1.29, 1.82) is 0 Å². The molecule has 1 fully saturated rings. The second-order valence-corrected chi connectivity index (χ2v) is 4.11. The van der Waals surface area contributed by atoms with Gasteiger partial charge >= 0.3 is 0 Å². The van der Waals surface area contributed by atoms with Crippen LogP contribution in [0, 0.1) is 6.92 Å². The van der Waals surface area contributed by atoms with E-state index in [-0.39, 0.29) is 5.56 Å². The quantitative estimate of drug-likeness (QED) is 0.732. The van der Waals surface area contributed by atoms with E-state index in [9.17, 15) is 4.79 Å². The van der Waals surface area contributed by atoms with Gasteiger partial charge in [-0.3, -0.25) is 9.48 Å². The van der Waals surface area contributed by atoms with Crippen LogP contribution >= 0.6 is 0 Å². The molecule has 1 aromatic heterocycles. The first kappa shape index (κ1) is 9.37. The van der Waals surface area contributed by atoms with E-state index in [1.54, 1.807) is 0 Å². The fraction of sp³-hybridized carbons (Fsp3) is 0.700. The van der Waals surface area contributed by atoms with E-state index < -0.39 is 0 Å². The zero-order chi connectivity index (χ0) is 10.3. The minimum Gasteiger partial charge on any atom is -0.393 e. The van der Waals surface area contributed by atoms with Crippen LogP contribution in [0.4, 0.5) is 5.69 Å². The summed E-state index contributed by atoms with van der Waals surface area (Å²) < 4.78 is 3.71. The molecule has 0 aromatic carbocycles. The van der Waals surface area contributed by atoms with Crippen molar-refractivity contribution in [3.8, 4) is 0 Å². The predicted molar refractivity (Wildman–Crippen MR) is 56.3 cm³/mol. The maximum absolute atomic E-state index is 11.8. The molecule has 4 heteroatoms. The average Bonchev–Trinajstić information content (AvgIpc) is 2.73. The molecule has 0 aliphatic heterocycles. The van der Waals surface area contributed by atoms with Gasteiger partial charge in [0.25, 0.3) is 5.56 Å². The van der Waals surface area contributed by atoms with Crippen molar-refractivity contribution >= 4 is 5.69 Å². The van der Waals surface area contributed by atoms with Crippen molar-refractivity contribution in [2.45, 2.75) is 38.6 Å². The molecule has 14 heavy (non-hydrogen) atoms. The van der Waals surface area contributed by atoms with Gasteiger partial charge in [-0.25, -0.2) is 4.68 Å². The number of nitrogens with zero attached hydrogens (tertiary/aromatic N) is 2. The van der Waals surface area contributed by atoms with Crippen LogP contribution < -0.4 is 11.3 Å². The van der Waals surface area contributed by atoms with Gasteiger partial charge in [-0.15, -0.1) is 0 Å². The van der Waals surface area contributed by atoms with Crippen molar-refractivity contribution < 1.29 is 0 Å². The van der Waals surface area contributed by atoms with Crippen molar-refractivity contribution in [2.75, 3.05) is 5.73 Å². The van der Waals surface area contributed by atoms with Crippen LogP contribution in [0.15, 0.2) is 4.79 Å². The minimum absolute atomic E-state index is 0.0168. The summed E-state index contributed by atoms with van der Waals surface area (Å²) in [7, 11) is 1.91. The van der Waals surface area contributed by atoms with E-state index in [0.29, 0.717) is 11.7 Å². The van der Waals surface area contributed by atoms with E-state index in [4.69, 9.17) is 5.73 Å². The smallest absolute Gasteiger partial charge is 0.290 e. The summed E-state index contributed by atoms with van der Waals surface area (Å²) in [6.45, 7) is 1.89. The summed E-state index contributed by atoms with van der Waals surface area (Å²) in [6.07, 6.45) is 4.66. The Morgan fingerprint density at radius 1 is 1.36 bits per heavy atom. The first-order valence-corrected chi connectivity index (χ1v) is 5.16. The Hall–Kier alpha value is -1.19. The lowest BCUT2D eigenvalue weighted by atomic mass is 10.2. The Bertz CT molecular complexity index is 396. The molecule has 0 atom stereocenters. The molecule has 2 N–H and O–H groups in total. The maximum Gasteiger partial charge on any atom is 0.290 e. The lowest BCUT2D eigenvalue weighted by molar-refractivity contribution is 0.390. The fourth-order valence-electron chi connectivity index (χ4n) is 2.31. The Morgan fingerprint density at radius 2 is 1.93 bits per heavy atom. The zero-order valence-corrected chi connectivity index (χ0v) is 8.79. The number of hydrogen-bond donors (Lipinski definition) is 1. The molecule has 0 unspecified atom stereocenters. The number of nitrogens with two attached hydrogens (primary N) is 1. The highest BCUT2D eigenvalue weighted by molar-refractivity contribution is 5.40. The average molecular weight is 195 g/mol. The second-order valence-electron chi connectivity index (χ2n) is 4.11. The van der Waals surface area contributed by atoms with Gasteiger partial charge in [0.15, 0.2) is 0 Å². The molecular weight excluding hydrogens is 178 g/mol. The molecule has 2 rings (SSSR count). The summed E-state index contributed by atoms with van der Waals surface area (Å²) in [5.41, 5.74) is 6.98. The maximum atomic E-state index is 11.8. The molecule has 0 spiro atoms. The molecule has 1 saturated carbocycles. The Morgan fingerprint density at radius 3 is 2.36 bits per heavy atom. The molecule has 0 radical (unpaired) electrons. The first-order valence-electron chi connectivity index (χ1n) is 5.16. The third kappa shape index (κ3) is 1.17. The first-order chi connectivity index (χ1) is 6.63. The molecule has 0 saturated heterocycles. The van der Waals surface area contributed by atoms with Gasteiger partial charge in [0.1, 0.15) is 5.69 Å². The van der Waals surface area contributed by atoms with Gasteiger partial charge in [0, 0.05) is 7.05 Å². The Balaban J connectivity index is 2.51. The Kier molecular flexibility index (Phi) is 2.13. The van der Waals surface area contributed by atoms with Gasteiger partial charge in [-0.05, 0) is 19.8 Å². The normalized spacial score (nSPS) is 17.9. The standard InChI is InChI=1S/C10H17N3O/c1-7-9(11)10(14)13(12(7)2)8-5-3-4-6-8/h8H,3-6,11H2,1-2H3. The summed E-state index contributed by atoms with van der Waals surface area (Å²) in [4.78, 5) is 11.8. The van der Waals surface area contributed by atoms with Crippen molar-refractivity contribution in [2.24, 2.45) is 7.05 Å². The molecule has 1 aliphatic rings. The van der Waals surface area contributed by atoms with Crippen molar-refractivity contribution in [1.82, 2.24) is 9.36 Å². The lowest BCUT2D eigenvalue weighted by Gasteiger charge is -2.14. The van der Waals surface area contributed by atoms with Gasteiger partial charge in [-0.1, -0.05) is 12.8 Å². The molecule has 1 aliphatic carbocycles. The predicted octanol–water partition coefficient (Wildman–Crippen LogP) is 1.19. The molecular formula is C10H17N3O. The number of nitrogen functional groups attached to an aromatic ring is 1. The highest BCUT2D eigenvalue weighted by Gasteiger charge is 2.22. The lowest BCUT2D eigenvalue weighted by Crippen LogP contribution is -2.25. The molecule has 78 valence electrons. The third-order valence-electron chi connectivity index (χ3n) is 3.31. The highest BCUT2D eigenvalue weighted by Crippen LogP contribution is 2.28. The number of hydrogen-bond acceptors (Lipinski definition) is 2. The van der Waals surface area contributed by atoms with Crippen LogP contribution in [0.3, 0.4) is 0 Å². The van der Waals surface area contributed by atoms with Gasteiger partial charge in [-0.2, -0.15) is 0 Å². The molecule has 4 nitrogen and oxygen atoms in total. The van der Waals surface area contributed by atoms with E-state index in [0.717, 1.165) is 18.5 Å². The van der Waals surface area contributed by atoms with Crippen LogP contribution in [0.25, 0.3) is 0 Å². The van der Waals surface area contributed by atoms with Gasteiger partial charge < -0.3 is 5.73 Å². The second kappa shape index (κ2) is 3.19. The summed E-state index contributed by atoms with van der Waals surface area (Å²) in [6, 6.07) is 0.364. The molecule has 1 aromatic rings. The van der Waals surface area contributed by atoms with E-state index in [2.05, 4.69) is 0 Å².